The topological polar surface area (TPSA) is 55.6 Å². The number of likely N-dealkylation sites (tertiary alicyclic amines) is 1. The summed E-state index contributed by atoms with van der Waals surface area (Å²) in [5.41, 5.74) is 6.95. The Labute approximate surface area is 127 Å². The normalized spacial score (nSPS) is 19.6. The fourth-order valence-corrected chi connectivity index (χ4v) is 3.15. The van der Waals surface area contributed by atoms with Gasteiger partial charge in [0.05, 0.1) is 19.1 Å². The van der Waals surface area contributed by atoms with Crippen LogP contribution in [0.1, 0.15) is 44.2 Å². The van der Waals surface area contributed by atoms with Crippen LogP contribution in [0, 0.1) is 5.92 Å². The minimum Gasteiger partial charge on any atom is -0.497 e. The number of carbonyl (C=O) groups excluding carboxylic acids is 1. The lowest BCUT2D eigenvalue weighted by molar-refractivity contribution is -0.136. The zero-order valence-electron chi connectivity index (χ0n) is 13.0. The first-order valence-corrected chi connectivity index (χ1v) is 7.85. The van der Waals surface area contributed by atoms with Crippen LogP contribution in [0.5, 0.6) is 5.75 Å². The minimum atomic E-state index is -0.0405. The first kappa shape index (κ1) is 15.8. The van der Waals surface area contributed by atoms with Crippen LogP contribution in [-0.4, -0.2) is 31.0 Å². The zero-order chi connectivity index (χ0) is 15.2. The first-order valence-electron chi connectivity index (χ1n) is 7.85. The predicted molar refractivity (Wildman–Crippen MR) is 84.1 cm³/mol. The van der Waals surface area contributed by atoms with Crippen LogP contribution < -0.4 is 10.5 Å². The number of methoxy groups -OCH3 is 1. The summed E-state index contributed by atoms with van der Waals surface area (Å²) in [6.45, 7) is 3.37. The zero-order valence-corrected chi connectivity index (χ0v) is 13.0. The van der Waals surface area contributed by atoms with Gasteiger partial charge in [0.1, 0.15) is 5.75 Å². The molecule has 0 bridgehead atoms. The van der Waals surface area contributed by atoms with Gasteiger partial charge >= 0.3 is 0 Å². The predicted octanol–water partition coefficient (Wildman–Crippen LogP) is 2.73. The number of carbonyl (C=O) groups is 1. The quantitative estimate of drug-likeness (QED) is 0.876. The van der Waals surface area contributed by atoms with Crippen LogP contribution in [-0.2, 0) is 4.79 Å². The van der Waals surface area contributed by atoms with E-state index < -0.39 is 0 Å². The summed E-state index contributed by atoms with van der Waals surface area (Å²) in [6.07, 6.45) is 3.93. The third-order valence-electron chi connectivity index (χ3n) is 4.29. The highest BCUT2D eigenvalue weighted by molar-refractivity contribution is 5.80. The van der Waals surface area contributed by atoms with Crippen molar-refractivity contribution < 1.29 is 9.53 Å². The van der Waals surface area contributed by atoms with E-state index in [-0.39, 0.29) is 17.9 Å². The Bertz CT molecular complexity index is 476. The van der Waals surface area contributed by atoms with Crippen molar-refractivity contribution in [2.45, 2.75) is 38.6 Å². The van der Waals surface area contributed by atoms with Crippen molar-refractivity contribution in [1.29, 1.82) is 0 Å². The molecule has 1 aliphatic rings. The third kappa shape index (κ3) is 3.56. The molecule has 1 aromatic carbocycles. The summed E-state index contributed by atoms with van der Waals surface area (Å²) in [7, 11) is 1.67. The van der Waals surface area contributed by atoms with Crippen molar-refractivity contribution in [2.24, 2.45) is 11.7 Å². The maximum Gasteiger partial charge on any atom is 0.227 e. The van der Waals surface area contributed by atoms with Crippen LogP contribution in [0.2, 0.25) is 0 Å². The summed E-state index contributed by atoms with van der Waals surface area (Å²) in [4.78, 5) is 14.7. The molecule has 1 fully saturated rings. The molecule has 4 heteroatoms. The smallest absolute Gasteiger partial charge is 0.227 e. The van der Waals surface area contributed by atoms with Gasteiger partial charge in [-0.05, 0) is 37.0 Å². The molecule has 116 valence electrons. The van der Waals surface area contributed by atoms with E-state index in [1.807, 2.05) is 23.1 Å². The molecule has 0 aromatic heterocycles. The number of benzene rings is 1. The minimum absolute atomic E-state index is 0.0405. The van der Waals surface area contributed by atoms with Gasteiger partial charge in [-0.1, -0.05) is 25.5 Å². The highest BCUT2D eigenvalue weighted by Crippen LogP contribution is 2.34. The summed E-state index contributed by atoms with van der Waals surface area (Å²) >= 11 is 0. The van der Waals surface area contributed by atoms with Crippen molar-refractivity contribution >= 4 is 5.91 Å². The average molecular weight is 290 g/mol. The molecular formula is C17H26N2O2. The Morgan fingerprint density at radius 2 is 2.33 bits per heavy atom. The van der Waals surface area contributed by atoms with Crippen LogP contribution in [0.3, 0.4) is 0 Å². The summed E-state index contributed by atoms with van der Waals surface area (Å²) in [5, 5.41) is 0. The molecule has 0 spiro atoms. The highest BCUT2D eigenvalue weighted by atomic mass is 16.5. The van der Waals surface area contributed by atoms with E-state index in [1.54, 1.807) is 7.11 Å². The van der Waals surface area contributed by atoms with Crippen molar-refractivity contribution in [3.05, 3.63) is 29.8 Å². The van der Waals surface area contributed by atoms with E-state index >= 15 is 0 Å². The molecule has 0 aliphatic carbocycles. The Hall–Kier alpha value is -1.55. The fraction of sp³-hybridized carbons (Fsp3) is 0.588. The van der Waals surface area contributed by atoms with Crippen LogP contribution >= 0.6 is 0 Å². The van der Waals surface area contributed by atoms with Crippen LogP contribution in [0.4, 0.5) is 0 Å². The van der Waals surface area contributed by atoms with E-state index in [2.05, 4.69) is 13.0 Å². The molecule has 2 atom stereocenters. The van der Waals surface area contributed by atoms with Gasteiger partial charge in [-0.15, -0.1) is 0 Å². The summed E-state index contributed by atoms with van der Waals surface area (Å²) in [5.74, 6) is 1.02. The van der Waals surface area contributed by atoms with Crippen molar-refractivity contribution in [3.8, 4) is 5.75 Å². The van der Waals surface area contributed by atoms with Gasteiger partial charge < -0.3 is 15.4 Å². The largest absolute Gasteiger partial charge is 0.497 e. The number of hydrogen-bond donors (Lipinski definition) is 1. The van der Waals surface area contributed by atoms with Gasteiger partial charge in [0, 0.05) is 13.1 Å². The molecule has 2 N–H and O–H groups in total. The van der Waals surface area contributed by atoms with Gasteiger partial charge in [0.2, 0.25) is 5.91 Å². The number of rotatable bonds is 6. The van der Waals surface area contributed by atoms with Crippen LogP contribution in [0.25, 0.3) is 0 Å². The second kappa shape index (κ2) is 7.46. The van der Waals surface area contributed by atoms with Gasteiger partial charge in [-0.25, -0.2) is 0 Å². The Kier molecular flexibility index (Phi) is 5.62. The molecule has 2 rings (SSSR count). The van der Waals surface area contributed by atoms with Crippen molar-refractivity contribution in [3.63, 3.8) is 0 Å². The fourth-order valence-electron chi connectivity index (χ4n) is 3.15. The SMILES string of the molecule is CCCC(CN)C(=O)N1CCCC1c1cccc(OC)c1. The van der Waals surface area contributed by atoms with E-state index in [0.717, 1.165) is 43.5 Å². The first-order chi connectivity index (χ1) is 10.2. The lowest BCUT2D eigenvalue weighted by Gasteiger charge is -2.29. The Morgan fingerprint density at radius 1 is 1.52 bits per heavy atom. The second-order valence-electron chi connectivity index (χ2n) is 5.69. The molecule has 21 heavy (non-hydrogen) atoms. The monoisotopic (exact) mass is 290 g/mol. The number of hydrogen-bond acceptors (Lipinski definition) is 3. The molecule has 1 aliphatic heterocycles. The second-order valence-corrected chi connectivity index (χ2v) is 5.69. The van der Waals surface area contributed by atoms with Crippen molar-refractivity contribution in [1.82, 2.24) is 4.90 Å². The maximum atomic E-state index is 12.7. The van der Waals surface area contributed by atoms with Gasteiger partial charge in [-0.3, -0.25) is 4.79 Å². The molecular weight excluding hydrogens is 264 g/mol. The van der Waals surface area contributed by atoms with E-state index in [1.165, 1.54) is 0 Å². The summed E-state index contributed by atoms with van der Waals surface area (Å²) < 4.78 is 5.29. The van der Waals surface area contributed by atoms with Crippen molar-refractivity contribution in [2.75, 3.05) is 20.2 Å². The number of amides is 1. The van der Waals surface area contributed by atoms with Gasteiger partial charge in [0.15, 0.2) is 0 Å². The standard InChI is InChI=1S/C17H26N2O2/c1-3-6-14(12-18)17(20)19-10-5-9-16(19)13-7-4-8-15(11-13)21-2/h4,7-8,11,14,16H,3,5-6,9-10,12,18H2,1-2H3. The van der Waals surface area contributed by atoms with E-state index in [4.69, 9.17) is 10.5 Å². The number of nitrogens with zero attached hydrogens (tertiary/aromatic N) is 1. The van der Waals surface area contributed by atoms with E-state index in [0.29, 0.717) is 6.54 Å². The lowest BCUT2D eigenvalue weighted by atomic mass is 9.99. The van der Waals surface area contributed by atoms with E-state index in [9.17, 15) is 4.79 Å². The molecule has 2 unspecified atom stereocenters. The molecule has 1 heterocycles. The average Bonchev–Trinajstić information content (AvgIpc) is 3.01. The molecule has 0 radical (unpaired) electrons. The third-order valence-corrected chi connectivity index (χ3v) is 4.29. The molecule has 4 nitrogen and oxygen atoms in total. The molecule has 1 aromatic rings. The van der Waals surface area contributed by atoms with Crippen LogP contribution in [0.15, 0.2) is 24.3 Å². The Morgan fingerprint density at radius 3 is 3.00 bits per heavy atom. The van der Waals surface area contributed by atoms with Gasteiger partial charge in [0.25, 0.3) is 0 Å². The number of nitrogens with two attached hydrogens (primary N) is 1. The highest BCUT2D eigenvalue weighted by Gasteiger charge is 2.33. The molecule has 1 saturated heterocycles. The van der Waals surface area contributed by atoms with Gasteiger partial charge in [-0.2, -0.15) is 0 Å². The lowest BCUT2D eigenvalue weighted by Crippen LogP contribution is -2.38. The molecule has 1 amide bonds. The summed E-state index contributed by atoms with van der Waals surface area (Å²) in [6, 6.07) is 8.20. The number of ether oxygens (including phenoxy) is 1. The molecule has 0 saturated carbocycles. The maximum absolute atomic E-state index is 12.7. The Balaban J connectivity index is 2.17.